The molecule has 0 unspecified atom stereocenters. The molecule has 0 saturated heterocycles. The van der Waals surface area contributed by atoms with Gasteiger partial charge in [0.2, 0.25) is 0 Å². The summed E-state index contributed by atoms with van der Waals surface area (Å²) in [4.78, 5) is 22.8. The van der Waals surface area contributed by atoms with Crippen LogP contribution in [0.3, 0.4) is 0 Å². The molecule has 110 valence electrons. The first-order valence-electron chi connectivity index (χ1n) is 6.03. The molecule has 0 aromatic heterocycles. The van der Waals surface area contributed by atoms with Crippen LogP contribution in [0.15, 0.2) is 12.1 Å². The molecule has 4 N–H and O–H groups in total. The minimum Gasteiger partial charge on any atom is -0.507 e. The molecule has 0 aliphatic rings. The number of ether oxygens (including phenoxy) is 1. The largest absolute Gasteiger partial charge is 0.507 e. The molecule has 1 aromatic carbocycles. The summed E-state index contributed by atoms with van der Waals surface area (Å²) in [5, 5.41) is 19.1. The number of carbonyl (C=O) groups excluding carboxylic acids is 1. The second-order valence-corrected chi connectivity index (χ2v) is 5.23. The Hall–Kier alpha value is -2.08. The number of aryl methyl sites for hydroxylation is 1. The SMILES string of the molecule is COC(=O)C(C)(C)[C@@H](N)c1cc(C(=O)O)cc(C)c1O. The van der Waals surface area contributed by atoms with E-state index in [9.17, 15) is 14.7 Å². The van der Waals surface area contributed by atoms with Crippen LogP contribution < -0.4 is 5.73 Å². The topological polar surface area (TPSA) is 110 Å². The predicted octanol–water partition coefficient (Wildman–Crippen LogP) is 1.60. The highest BCUT2D eigenvalue weighted by Gasteiger charge is 2.38. The van der Waals surface area contributed by atoms with Crippen molar-refractivity contribution in [2.45, 2.75) is 26.8 Å². The van der Waals surface area contributed by atoms with E-state index in [2.05, 4.69) is 4.74 Å². The van der Waals surface area contributed by atoms with Crippen LogP contribution in [0, 0.1) is 12.3 Å². The smallest absolute Gasteiger partial charge is 0.335 e. The molecule has 6 heteroatoms. The van der Waals surface area contributed by atoms with Crippen LogP contribution in [0.1, 0.15) is 41.4 Å². The summed E-state index contributed by atoms with van der Waals surface area (Å²) in [5.74, 6) is -1.78. The Labute approximate surface area is 117 Å². The third-order valence-corrected chi connectivity index (χ3v) is 3.40. The number of nitrogens with two attached hydrogens (primary N) is 1. The molecule has 0 aliphatic carbocycles. The molecule has 20 heavy (non-hydrogen) atoms. The number of rotatable bonds is 4. The van der Waals surface area contributed by atoms with E-state index in [1.165, 1.54) is 19.2 Å². The Bertz CT molecular complexity index is 551. The van der Waals surface area contributed by atoms with Gasteiger partial charge in [-0.05, 0) is 38.5 Å². The minimum atomic E-state index is -1.13. The second kappa shape index (κ2) is 5.50. The van der Waals surface area contributed by atoms with Gasteiger partial charge in [0.1, 0.15) is 5.75 Å². The van der Waals surface area contributed by atoms with Gasteiger partial charge in [-0.2, -0.15) is 0 Å². The summed E-state index contributed by atoms with van der Waals surface area (Å²) in [6.45, 7) is 4.72. The zero-order valence-electron chi connectivity index (χ0n) is 11.9. The van der Waals surface area contributed by atoms with E-state index in [1.54, 1.807) is 20.8 Å². The van der Waals surface area contributed by atoms with Gasteiger partial charge in [-0.25, -0.2) is 4.79 Å². The van der Waals surface area contributed by atoms with Crippen LogP contribution in [0.2, 0.25) is 0 Å². The third-order valence-electron chi connectivity index (χ3n) is 3.40. The highest BCUT2D eigenvalue weighted by molar-refractivity contribution is 5.88. The number of carbonyl (C=O) groups is 2. The third kappa shape index (κ3) is 2.75. The number of esters is 1. The van der Waals surface area contributed by atoms with Crippen LogP contribution in [-0.4, -0.2) is 29.3 Å². The minimum absolute atomic E-state index is 0.00594. The first-order valence-corrected chi connectivity index (χ1v) is 6.03. The highest BCUT2D eigenvalue weighted by Crippen LogP contribution is 2.38. The van der Waals surface area contributed by atoms with Crippen molar-refractivity contribution in [1.82, 2.24) is 0 Å². The Balaban J connectivity index is 3.38. The van der Waals surface area contributed by atoms with Gasteiger partial charge in [0, 0.05) is 11.6 Å². The fourth-order valence-electron chi connectivity index (χ4n) is 1.95. The van der Waals surface area contributed by atoms with E-state index in [1.807, 2.05) is 0 Å². The predicted molar refractivity (Wildman–Crippen MR) is 72.5 cm³/mol. The van der Waals surface area contributed by atoms with Crippen molar-refractivity contribution >= 4 is 11.9 Å². The average molecular weight is 281 g/mol. The van der Waals surface area contributed by atoms with Gasteiger partial charge in [-0.15, -0.1) is 0 Å². The first kappa shape index (κ1) is 16.0. The fraction of sp³-hybridized carbons (Fsp3) is 0.429. The lowest BCUT2D eigenvalue weighted by molar-refractivity contribution is -0.152. The lowest BCUT2D eigenvalue weighted by atomic mass is 9.80. The van der Waals surface area contributed by atoms with Crippen molar-refractivity contribution in [3.8, 4) is 5.75 Å². The molecule has 1 aromatic rings. The molecule has 0 aliphatic heterocycles. The van der Waals surface area contributed by atoms with E-state index >= 15 is 0 Å². The number of carboxylic acid groups (broad SMARTS) is 1. The van der Waals surface area contributed by atoms with E-state index in [4.69, 9.17) is 10.8 Å². The monoisotopic (exact) mass is 281 g/mol. The van der Waals surface area contributed by atoms with Crippen LogP contribution in [0.25, 0.3) is 0 Å². The highest BCUT2D eigenvalue weighted by atomic mass is 16.5. The van der Waals surface area contributed by atoms with Gasteiger partial charge in [0.15, 0.2) is 0 Å². The van der Waals surface area contributed by atoms with Crippen LogP contribution in [-0.2, 0) is 9.53 Å². The van der Waals surface area contributed by atoms with Crippen molar-refractivity contribution in [2.24, 2.45) is 11.1 Å². The van der Waals surface area contributed by atoms with Gasteiger partial charge in [-0.1, -0.05) is 0 Å². The van der Waals surface area contributed by atoms with E-state index in [-0.39, 0.29) is 16.9 Å². The maximum absolute atomic E-state index is 11.8. The van der Waals surface area contributed by atoms with Crippen LogP contribution in [0.5, 0.6) is 5.75 Å². The van der Waals surface area contributed by atoms with Crippen molar-refractivity contribution in [3.05, 3.63) is 28.8 Å². The molecule has 1 atom stereocenters. The quantitative estimate of drug-likeness (QED) is 0.723. The Morgan fingerprint density at radius 2 is 1.90 bits per heavy atom. The maximum Gasteiger partial charge on any atom is 0.335 e. The molecule has 0 radical (unpaired) electrons. The number of hydrogen-bond acceptors (Lipinski definition) is 5. The van der Waals surface area contributed by atoms with E-state index in [0.29, 0.717) is 5.56 Å². The number of aromatic hydroxyl groups is 1. The second-order valence-electron chi connectivity index (χ2n) is 5.23. The summed E-state index contributed by atoms with van der Waals surface area (Å²) in [7, 11) is 1.25. The Kier molecular flexibility index (Phi) is 4.39. The Morgan fingerprint density at radius 3 is 2.35 bits per heavy atom. The normalized spacial score (nSPS) is 12.8. The number of benzene rings is 1. The first-order chi connectivity index (χ1) is 9.12. The summed E-state index contributed by atoms with van der Waals surface area (Å²) in [6.07, 6.45) is 0. The average Bonchev–Trinajstić information content (AvgIpc) is 2.39. The Morgan fingerprint density at radius 1 is 1.35 bits per heavy atom. The molecule has 6 nitrogen and oxygen atoms in total. The number of aromatic carboxylic acids is 1. The maximum atomic E-state index is 11.8. The van der Waals surface area contributed by atoms with Crippen LogP contribution in [0.4, 0.5) is 0 Å². The van der Waals surface area contributed by atoms with E-state index in [0.717, 1.165) is 0 Å². The fourth-order valence-corrected chi connectivity index (χ4v) is 1.95. The van der Waals surface area contributed by atoms with Gasteiger partial charge in [0.25, 0.3) is 0 Å². The van der Waals surface area contributed by atoms with Crippen molar-refractivity contribution in [2.75, 3.05) is 7.11 Å². The molecule has 1 rings (SSSR count). The number of methoxy groups -OCH3 is 1. The van der Waals surface area contributed by atoms with Crippen LogP contribution >= 0.6 is 0 Å². The molecule has 0 bridgehead atoms. The number of hydrogen-bond donors (Lipinski definition) is 3. The summed E-state index contributed by atoms with van der Waals surface area (Å²) in [6, 6.07) is 1.73. The van der Waals surface area contributed by atoms with E-state index < -0.39 is 23.4 Å². The summed E-state index contributed by atoms with van der Waals surface area (Å²) < 4.78 is 4.69. The molecule has 0 amide bonds. The molecule has 0 fully saturated rings. The number of carboxylic acids is 1. The number of phenolic OH excluding ortho intramolecular Hbond substituents is 1. The standard InChI is InChI=1S/C14H19NO5/c1-7-5-8(12(17)18)6-9(10(7)16)11(15)14(2,3)13(19)20-4/h5-6,11,16H,15H2,1-4H3,(H,17,18)/t11-/m0/s1. The molecular formula is C14H19NO5. The van der Waals surface area contributed by atoms with Crippen molar-refractivity contribution in [1.29, 1.82) is 0 Å². The zero-order chi connectivity index (χ0) is 15.7. The molecule has 0 spiro atoms. The molecule has 0 heterocycles. The van der Waals surface area contributed by atoms with Gasteiger partial charge in [-0.3, -0.25) is 4.79 Å². The van der Waals surface area contributed by atoms with Gasteiger partial charge >= 0.3 is 11.9 Å². The van der Waals surface area contributed by atoms with Gasteiger partial charge < -0.3 is 20.7 Å². The lowest BCUT2D eigenvalue weighted by Gasteiger charge is -2.29. The van der Waals surface area contributed by atoms with Gasteiger partial charge in [0.05, 0.1) is 18.1 Å². The summed E-state index contributed by atoms with van der Waals surface area (Å²) >= 11 is 0. The number of phenols is 1. The van der Waals surface area contributed by atoms with Crippen molar-refractivity contribution in [3.63, 3.8) is 0 Å². The van der Waals surface area contributed by atoms with Crippen molar-refractivity contribution < 1.29 is 24.5 Å². The summed E-state index contributed by atoms with van der Waals surface area (Å²) in [5.41, 5.74) is 5.53. The lowest BCUT2D eigenvalue weighted by Crippen LogP contribution is -2.37. The molecule has 0 saturated carbocycles. The molecular weight excluding hydrogens is 262 g/mol. The zero-order valence-corrected chi connectivity index (χ0v) is 11.9.